The second-order valence-electron chi connectivity index (χ2n) is 7.29. The zero-order chi connectivity index (χ0) is 19.6. The molecule has 5 rings (SSSR count). The van der Waals surface area contributed by atoms with Gasteiger partial charge in [0.15, 0.2) is 11.6 Å². The summed E-state index contributed by atoms with van der Waals surface area (Å²) in [5.74, 6) is 2.34. The minimum Gasteiger partial charge on any atom is -0.355 e. The molecule has 4 aromatic rings. The van der Waals surface area contributed by atoms with Crippen LogP contribution in [0.2, 0.25) is 0 Å². The maximum atomic E-state index is 12.8. The van der Waals surface area contributed by atoms with Gasteiger partial charge >= 0.3 is 0 Å². The van der Waals surface area contributed by atoms with Gasteiger partial charge in [-0.2, -0.15) is 0 Å². The van der Waals surface area contributed by atoms with Crippen LogP contribution in [0.5, 0.6) is 0 Å². The van der Waals surface area contributed by atoms with Crippen molar-refractivity contribution in [2.75, 3.05) is 0 Å². The Morgan fingerprint density at radius 3 is 2.86 bits per heavy atom. The highest BCUT2D eigenvalue weighted by Crippen LogP contribution is 2.29. The summed E-state index contributed by atoms with van der Waals surface area (Å²) < 4.78 is 7.67. The number of hydrogen-bond acceptors (Lipinski definition) is 5. The minimum absolute atomic E-state index is 0.155. The first kappa shape index (κ1) is 17.6. The molecule has 7 heteroatoms. The van der Waals surface area contributed by atoms with Crippen molar-refractivity contribution in [1.29, 1.82) is 0 Å². The largest absolute Gasteiger partial charge is 0.355 e. The molecule has 0 saturated carbocycles. The van der Waals surface area contributed by atoms with Crippen molar-refractivity contribution >= 4 is 16.8 Å². The Bertz CT molecular complexity index is 1160. The van der Waals surface area contributed by atoms with E-state index in [-0.39, 0.29) is 5.91 Å². The van der Waals surface area contributed by atoms with Gasteiger partial charge < -0.3 is 14.4 Å². The number of carbonyl (C=O) groups excluding carboxylic acids is 1. The molecule has 0 aliphatic carbocycles. The Balaban J connectivity index is 1.37. The van der Waals surface area contributed by atoms with Crippen LogP contribution in [0, 0.1) is 0 Å². The molecule has 1 aliphatic heterocycles. The summed E-state index contributed by atoms with van der Waals surface area (Å²) in [6, 6.07) is 15.2. The van der Waals surface area contributed by atoms with Crippen LogP contribution < -0.4 is 5.32 Å². The molecule has 29 heavy (non-hydrogen) atoms. The molecule has 0 fully saturated rings. The molecule has 1 N–H and O–H groups in total. The average molecular weight is 387 g/mol. The summed E-state index contributed by atoms with van der Waals surface area (Å²) in [6.45, 7) is 1.28. The third-order valence-corrected chi connectivity index (χ3v) is 5.37. The zero-order valence-electron chi connectivity index (χ0n) is 16.0. The highest BCUT2D eigenvalue weighted by molar-refractivity contribution is 6.00. The predicted octanol–water partition coefficient (Wildman–Crippen LogP) is 3.74. The summed E-state index contributed by atoms with van der Waals surface area (Å²) in [4.78, 5) is 12.8. The van der Waals surface area contributed by atoms with Crippen LogP contribution in [0.15, 0.2) is 53.1 Å². The molecule has 1 amide bonds. The summed E-state index contributed by atoms with van der Waals surface area (Å²) >= 11 is 0. The lowest BCUT2D eigenvalue weighted by Gasteiger charge is -2.08. The van der Waals surface area contributed by atoms with E-state index >= 15 is 0 Å². The summed E-state index contributed by atoms with van der Waals surface area (Å²) in [7, 11) is 0. The Hall–Kier alpha value is -3.48. The van der Waals surface area contributed by atoms with Gasteiger partial charge in [-0.3, -0.25) is 4.79 Å². The highest BCUT2D eigenvalue weighted by atomic mass is 16.5. The minimum atomic E-state index is -0.155. The van der Waals surface area contributed by atoms with Crippen molar-refractivity contribution in [2.45, 2.75) is 38.8 Å². The van der Waals surface area contributed by atoms with E-state index in [9.17, 15) is 4.79 Å². The fourth-order valence-corrected chi connectivity index (χ4v) is 3.82. The maximum absolute atomic E-state index is 12.8. The van der Waals surface area contributed by atoms with Crippen LogP contribution >= 0.6 is 0 Å². The standard InChI is InChI=1S/C22H21N5O2/c28-22(23-14-20-25-24-19-9-5-2-6-12-27(19)20)16-10-11-18-17(13-16)21(29-26-18)15-7-3-1-4-8-15/h1,3-4,7-8,10-11,13H,2,5-6,9,12,14H2,(H,23,28). The van der Waals surface area contributed by atoms with Gasteiger partial charge in [0, 0.05) is 24.1 Å². The molecule has 2 aromatic heterocycles. The molecule has 1 aliphatic rings. The van der Waals surface area contributed by atoms with Crippen molar-refractivity contribution in [3.05, 3.63) is 65.7 Å². The first-order chi connectivity index (χ1) is 14.3. The molecule has 0 spiro atoms. The molecule has 0 bridgehead atoms. The lowest BCUT2D eigenvalue weighted by molar-refractivity contribution is 0.0949. The first-order valence-electron chi connectivity index (χ1n) is 9.93. The van der Waals surface area contributed by atoms with E-state index in [4.69, 9.17) is 4.52 Å². The average Bonchev–Trinajstić information content (AvgIpc) is 3.28. The third-order valence-electron chi connectivity index (χ3n) is 5.37. The van der Waals surface area contributed by atoms with Gasteiger partial charge in [-0.1, -0.05) is 41.9 Å². The van der Waals surface area contributed by atoms with Crippen molar-refractivity contribution in [2.24, 2.45) is 0 Å². The highest BCUT2D eigenvalue weighted by Gasteiger charge is 2.17. The second kappa shape index (κ2) is 7.50. The first-order valence-corrected chi connectivity index (χ1v) is 9.93. The SMILES string of the molecule is O=C(NCc1nnc2n1CCCCC2)c1ccc2noc(-c3ccccc3)c2c1. The summed E-state index contributed by atoms with van der Waals surface area (Å²) in [5.41, 5.74) is 2.22. The van der Waals surface area contributed by atoms with Crippen LogP contribution in [0.1, 0.15) is 41.3 Å². The summed E-state index contributed by atoms with van der Waals surface area (Å²) in [5, 5.41) is 16.5. The lowest BCUT2D eigenvalue weighted by atomic mass is 10.1. The number of amides is 1. The van der Waals surface area contributed by atoms with Gasteiger partial charge in [0.05, 0.1) is 11.9 Å². The lowest BCUT2D eigenvalue weighted by Crippen LogP contribution is -2.25. The molecule has 0 radical (unpaired) electrons. The number of benzene rings is 2. The van der Waals surface area contributed by atoms with Crippen molar-refractivity contribution in [3.63, 3.8) is 0 Å². The quantitative estimate of drug-likeness (QED) is 0.576. The molecule has 2 aromatic carbocycles. The van der Waals surface area contributed by atoms with Crippen molar-refractivity contribution in [3.8, 4) is 11.3 Å². The van der Waals surface area contributed by atoms with Crippen LogP contribution in [0.25, 0.3) is 22.2 Å². The Kier molecular flexibility index (Phi) is 4.56. The molecule has 0 saturated heterocycles. The Morgan fingerprint density at radius 2 is 1.97 bits per heavy atom. The fraction of sp³-hybridized carbons (Fsp3) is 0.273. The topological polar surface area (TPSA) is 85.8 Å². The third kappa shape index (κ3) is 3.40. The number of fused-ring (bicyclic) bond motifs is 2. The summed E-state index contributed by atoms with van der Waals surface area (Å²) in [6.07, 6.45) is 4.43. The molecule has 146 valence electrons. The number of rotatable bonds is 4. The Labute approximate surface area is 167 Å². The van der Waals surface area contributed by atoms with E-state index in [1.165, 1.54) is 6.42 Å². The monoisotopic (exact) mass is 387 g/mol. The van der Waals surface area contributed by atoms with Gasteiger partial charge in [0.2, 0.25) is 0 Å². The smallest absolute Gasteiger partial charge is 0.251 e. The number of hydrogen-bond donors (Lipinski definition) is 1. The van der Waals surface area contributed by atoms with E-state index in [0.29, 0.717) is 17.9 Å². The maximum Gasteiger partial charge on any atom is 0.251 e. The predicted molar refractivity (Wildman–Crippen MR) is 108 cm³/mol. The van der Waals surface area contributed by atoms with Gasteiger partial charge in [-0.25, -0.2) is 0 Å². The number of nitrogens with zero attached hydrogens (tertiary/aromatic N) is 4. The number of aryl methyl sites for hydroxylation is 1. The van der Waals surface area contributed by atoms with E-state index in [0.717, 1.165) is 53.9 Å². The fourth-order valence-electron chi connectivity index (χ4n) is 3.82. The molecule has 0 unspecified atom stereocenters. The van der Waals surface area contributed by atoms with Gasteiger partial charge in [-0.05, 0) is 31.0 Å². The molecule has 0 atom stereocenters. The van der Waals surface area contributed by atoms with Crippen molar-refractivity contribution < 1.29 is 9.32 Å². The van der Waals surface area contributed by atoms with E-state index < -0.39 is 0 Å². The van der Waals surface area contributed by atoms with E-state index in [2.05, 4.69) is 25.2 Å². The van der Waals surface area contributed by atoms with Crippen LogP contribution in [0.4, 0.5) is 0 Å². The normalized spacial score (nSPS) is 13.8. The molecular weight excluding hydrogens is 366 g/mol. The zero-order valence-corrected chi connectivity index (χ0v) is 16.0. The van der Waals surface area contributed by atoms with Gasteiger partial charge in [-0.15, -0.1) is 10.2 Å². The van der Waals surface area contributed by atoms with Gasteiger partial charge in [0.1, 0.15) is 11.3 Å². The molecule has 3 heterocycles. The van der Waals surface area contributed by atoms with E-state index in [1.54, 1.807) is 6.07 Å². The Morgan fingerprint density at radius 1 is 1.07 bits per heavy atom. The van der Waals surface area contributed by atoms with E-state index in [1.807, 2.05) is 42.5 Å². The second-order valence-corrected chi connectivity index (χ2v) is 7.29. The van der Waals surface area contributed by atoms with Crippen LogP contribution in [-0.2, 0) is 19.5 Å². The van der Waals surface area contributed by atoms with Crippen LogP contribution in [-0.4, -0.2) is 25.8 Å². The molecular formula is C22H21N5O2. The number of aromatic nitrogens is 4. The van der Waals surface area contributed by atoms with Gasteiger partial charge in [0.25, 0.3) is 5.91 Å². The van der Waals surface area contributed by atoms with Crippen LogP contribution in [0.3, 0.4) is 0 Å². The van der Waals surface area contributed by atoms with Crippen molar-refractivity contribution in [1.82, 2.24) is 25.2 Å². The molecule has 7 nitrogen and oxygen atoms in total. The number of nitrogens with one attached hydrogen (secondary N) is 1. The number of carbonyl (C=O) groups is 1.